The van der Waals surface area contributed by atoms with Crippen LogP contribution in [-0.2, 0) is 9.59 Å². The van der Waals surface area contributed by atoms with Crippen molar-refractivity contribution < 1.29 is 84.2 Å². The number of Topliss-reactive ketones (excluding diaryl/α,β-unsaturated/α-hetero) is 1. The molecule has 0 aliphatic rings. The van der Waals surface area contributed by atoms with Crippen molar-refractivity contribution in [3.8, 4) is 0 Å². The van der Waals surface area contributed by atoms with E-state index in [0.29, 0.717) is 0 Å². The molecule has 0 aromatic carbocycles. The summed E-state index contributed by atoms with van der Waals surface area (Å²) < 4.78 is 225. The third kappa shape index (κ3) is 5.57. The fraction of sp³-hybridized carbons (Fsp3) is 0.882. The standard InChI is InChI=1S/C17H17F17O2Si/c1-4-8(35)7-9(36)37(2,3)6-5-10(18,19)11(20,21)12(22,23)13(24,25)14(26,27)15(28,29)16(30,31)17(32,33)34/h4-7H2,1-3H3. The minimum absolute atomic E-state index is 0.252. The highest BCUT2D eigenvalue weighted by molar-refractivity contribution is 7.04. The lowest BCUT2D eigenvalue weighted by atomic mass is 9.88. The molecule has 0 aromatic rings. The van der Waals surface area contributed by atoms with Gasteiger partial charge in [0.05, 0.1) is 6.42 Å². The molecule has 0 fully saturated rings. The number of alkyl halides is 17. The fourth-order valence-corrected chi connectivity index (χ4v) is 4.40. The Morgan fingerprint density at radius 2 is 0.892 bits per heavy atom. The summed E-state index contributed by atoms with van der Waals surface area (Å²) in [6.07, 6.45) is -11.6. The fourth-order valence-electron chi connectivity index (χ4n) is 2.51. The van der Waals surface area contributed by atoms with Crippen LogP contribution in [0, 0.1) is 0 Å². The molecule has 0 saturated heterocycles. The van der Waals surface area contributed by atoms with Crippen LogP contribution in [0.4, 0.5) is 74.6 Å². The Balaban J connectivity index is 6.41. The van der Waals surface area contributed by atoms with Crippen LogP contribution in [-0.4, -0.2) is 66.9 Å². The molecule has 0 spiro atoms. The van der Waals surface area contributed by atoms with Crippen molar-refractivity contribution in [2.45, 2.75) is 93.0 Å². The molecule has 20 heteroatoms. The molecular formula is C17H17F17O2Si. The van der Waals surface area contributed by atoms with E-state index in [0.717, 1.165) is 13.1 Å². The Bertz CT molecular complexity index is 860. The molecule has 0 unspecified atom stereocenters. The van der Waals surface area contributed by atoms with Crippen molar-refractivity contribution in [3.63, 3.8) is 0 Å². The summed E-state index contributed by atoms with van der Waals surface area (Å²) in [5, 5.41) is -1.10. The first-order valence-electron chi connectivity index (χ1n) is 9.60. The summed E-state index contributed by atoms with van der Waals surface area (Å²) in [4.78, 5) is 23.2. The molecule has 0 aromatic heterocycles. The van der Waals surface area contributed by atoms with Gasteiger partial charge in [0.1, 0.15) is 19.3 Å². The molecule has 0 rings (SSSR count). The third-order valence-corrected chi connectivity index (χ3v) is 8.54. The van der Waals surface area contributed by atoms with Gasteiger partial charge in [-0.05, 0) is 6.04 Å². The summed E-state index contributed by atoms with van der Waals surface area (Å²) in [5.74, 6) is -57.5. The first-order chi connectivity index (χ1) is 15.8. The van der Waals surface area contributed by atoms with Crippen LogP contribution in [0.25, 0.3) is 0 Å². The van der Waals surface area contributed by atoms with Gasteiger partial charge in [-0.25, -0.2) is 0 Å². The van der Waals surface area contributed by atoms with Crippen LogP contribution in [0.15, 0.2) is 0 Å². The van der Waals surface area contributed by atoms with E-state index >= 15 is 0 Å². The topological polar surface area (TPSA) is 34.1 Å². The van der Waals surface area contributed by atoms with Gasteiger partial charge >= 0.3 is 47.6 Å². The van der Waals surface area contributed by atoms with Crippen LogP contribution >= 0.6 is 0 Å². The molecule has 0 bridgehead atoms. The quantitative estimate of drug-likeness (QED) is 0.124. The van der Waals surface area contributed by atoms with E-state index in [1.807, 2.05) is 0 Å². The third-order valence-electron chi connectivity index (χ3n) is 5.36. The maximum atomic E-state index is 14.0. The Morgan fingerprint density at radius 1 is 0.568 bits per heavy atom. The molecule has 0 aliphatic carbocycles. The number of hydrogen-bond acceptors (Lipinski definition) is 2. The van der Waals surface area contributed by atoms with Crippen LogP contribution < -0.4 is 0 Å². The SMILES string of the molecule is CCC(=O)CC(=O)[Si](C)(C)CCC(F)(F)C(F)(F)C(F)(F)C(F)(F)C(F)(F)C(F)(F)C(F)(F)C(F)(F)F. The van der Waals surface area contributed by atoms with Crippen molar-refractivity contribution in [2.75, 3.05) is 0 Å². The van der Waals surface area contributed by atoms with E-state index < -0.39 is 85.8 Å². The van der Waals surface area contributed by atoms with Gasteiger partial charge in [0, 0.05) is 12.8 Å². The van der Waals surface area contributed by atoms with Gasteiger partial charge in [-0.2, -0.15) is 74.6 Å². The lowest BCUT2D eigenvalue weighted by Crippen LogP contribution is -2.74. The summed E-state index contributed by atoms with van der Waals surface area (Å²) in [5.41, 5.74) is 0. The first kappa shape index (κ1) is 35.4. The summed E-state index contributed by atoms with van der Waals surface area (Å²) in [6.45, 7) is 2.94. The minimum Gasteiger partial charge on any atom is -0.305 e. The molecule has 0 heterocycles. The Kier molecular flexibility index (Phi) is 9.40. The number of carbonyl (C=O) groups is 2. The highest BCUT2D eigenvalue weighted by Crippen LogP contribution is 2.64. The normalized spacial score (nSPS) is 15.7. The second kappa shape index (κ2) is 9.84. The molecule has 0 N–H and O–H groups in total. The van der Waals surface area contributed by atoms with Gasteiger partial charge in [-0.1, -0.05) is 20.0 Å². The van der Waals surface area contributed by atoms with Gasteiger partial charge in [0.2, 0.25) is 0 Å². The van der Waals surface area contributed by atoms with Crippen LogP contribution in [0.3, 0.4) is 0 Å². The van der Waals surface area contributed by atoms with Crippen LogP contribution in [0.2, 0.25) is 19.1 Å². The van der Waals surface area contributed by atoms with Gasteiger partial charge < -0.3 is 4.79 Å². The van der Waals surface area contributed by atoms with Crippen molar-refractivity contribution in [1.82, 2.24) is 0 Å². The molecule has 0 radical (unpaired) electrons. The maximum Gasteiger partial charge on any atom is 0.460 e. The Morgan fingerprint density at radius 3 is 1.22 bits per heavy atom. The summed E-state index contributed by atoms with van der Waals surface area (Å²) in [7, 11) is -3.89. The van der Waals surface area contributed by atoms with Crippen molar-refractivity contribution in [1.29, 1.82) is 0 Å². The second-order valence-corrected chi connectivity index (χ2v) is 13.4. The molecule has 0 saturated carbocycles. The van der Waals surface area contributed by atoms with E-state index in [1.165, 1.54) is 6.92 Å². The summed E-state index contributed by atoms with van der Waals surface area (Å²) >= 11 is 0. The van der Waals surface area contributed by atoms with Crippen LogP contribution in [0.5, 0.6) is 0 Å². The highest BCUT2D eigenvalue weighted by Gasteiger charge is 2.95. The van der Waals surface area contributed by atoms with Gasteiger partial charge in [0.25, 0.3) is 0 Å². The predicted molar refractivity (Wildman–Crippen MR) is 92.5 cm³/mol. The molecule has 0 amide bonds. The number of hydrogen-bond donors (Lipinski definition) is 0. The molecule has 220 valence electrons. The van der Waals surface area contributed by atoms with Gasteiger partial charge in [-0.15, -0.1) is 0 Å². The largest absolute Gasteiger partial charge is 0.460 e. The number of carbonyl (C=O) groups excluding carboxylic acids is 2. The predicted octanol–water partition coefficient (Wildman–Crippen LogP) is 7.57. The number of rotatable bonds is 13. The lowest BCUT2D eigenvalue weighted by Gasteiger charge is -2.43. The second-order valence-electron chi connectivity index (χ2n) is 8.52. The molecule has 0 aliphatic heterocycles. The average molecular weight is 604 g/mol. The van der Waals surface area contributed by atoms with E-state index in [-0.39, 0.29) is 6.42 Å². The van der Waals surface area contributed by atoms with E-state index in [9.17, 15) is 84.2 Å². The first-order valence-corrected chi connectivity index (χ1v) is 12.8. The van der Waals surface area contributed by atoms with E-state index in [2.05, 4.69) is 0 Å². The monoisotopic (exact) mass is 604 g/mol. The van der Waals surface area contributed by atoms with Crippen molar-refractivity contribution >= 4 is 19.3 Å². The minimum atomic E-state index is -8.67. The highest BCUT2D eigenvalue weighted by atomic mass is 28.3. The lowest BCUT2D eigenvalue weighted by molar-refractivity contribution is -0.461. The number of ketones is 1. The zero-order valence-electron chi connectivity index (χ0n) is 18.6. The zero-order chi connectivity index (χ0) is 30.5. The zero-order valence-corrected chi connectivity index (χ0v) is 19.6. The average Bonchev–Trinajstić information content (AvgIpc) is 2.70. The van der Waals surface area contributed by atoms with E-state index in [4.69, 9.17) is 0 Å². The van der Waals surface area contributed by atoms with Gasteiger partial charge in [-0.3, -0.25) is 4.79 Å². The number of halogens is 17. The molecule has 2 nitrogen and oxygen atoms in total. The molecular weight excluding hydrogens is 587 g/mol. The van der Waals surface area contributed by atoms with Crippen molar-refractivity contribution in [2.24, 2.45) is 0 Å². The van der Waals surface area contributed by atoms with E-state index in [1.54, 1.807) is 0 Å². The Labute approximate surface area is 197 Å². The van der Waals surface area contributed by atoms with Gasteiger partial charge in [0.15, 0.2) is 0 Å². The Hall–Kier alpha value is -1.63. The van der Waals surface area contributed by atoms with Crippen LogP contribution in [0.1, 0.15) is 26.2 Å². The smallest absolute Gasteiger partial charge is 0.305 e. The molecule has 0 atom stereocenters. The molecule has 37 heavy (non-hydrogen) atoms. The maximum absolute atomic E-state index is 14.0. The summed E-state index contributed by atoms with van der Waals surface area (Å²) in [6, 6.07) is -1.48. The van der Waals surface area contributed by atoms with Crippen molar-refractivity contribution in [3.05, 3.63) is 0 Å².